The summed E-state index contributed by atoms with van der Waals surface area (Å²) in [5, 5.41) is 16.0. The molecular weight excluding hydrogens is 308 g/mol. The smallest absolute Gasteiger partial charge is 0.325 e. The fourth-order valence-electron chi connectivity index (χ4n) is 3.13. The Bertz CT molecular complexity index is 938. The van der Waals surface area contributed by atoms with E-state index in [1.54, 1.807) is 30.5 Å². The number of carbonyl (C=O) groups is 1. The van der Waals surface area contributed by atoms with E-state index in [0.29, 0.717) is 11.4 Å². The molecule has 24 heavy (non-hydrogen) atoms. The number of H-pyrrole nitrogens is 2. The van der Waals surface area contributed by atoms with Gasteiger partial charge >= 0.3 is 5.69 Å². The number of aromatic amines is 2. The third-order valence-corrected chi connectivity index (χ3v) is 4.31. The minimum atomic E-state index is -0.325. The third-order valence-electron chi connectivity index (χ3n) is 4.31. The zero-order chi connectivity index (χ0) is 16.5. The van der Waals surface area contributed by atoms with E-state index >= 15 is 0 Å². The standard InChI is InChI=1S/C16H16N6O2/c23-15(12-5-2-6-14-13(12)8-17-20-14)19-10-3-1-4-11(7-10)22-9-18-21-16(22)24/h1,3-4,7-9,12H,2,5-6H2,(H,17,20)(H,19,23)(H,21,24). The van der Waals surface area contributed by atoms with Crippen LogP contribution in [0.2, 0.25) is 0 Å². The van der Waals surface area contributed by atoms with Crippen molar-refractivity contribution in [2.24, 2.45) is 0 Å². The molecule has 122 valence electrons. The molecule has 2 heterocycles. The quantitative estimate of drug-likeness (QED) is 0.675. The molecule has 8 heteroatoms. The summed E-state index contributed by atoms with van der Waals surface area (Å²) in [6.07, 6.45) is 5.83. The van der Waals surface area contributed by atoms with Gasteiger partial charge in [0.05, 0.1) is 17.8 Å². The van der Waals surface area contributed by atoms with Crippen molar-refractivity contribution < 1.29 is 4.79 Å². The topological polar surface area (TPSA) is 108 Å². The van der Waals surface area contributed by atoms with Gasteiger partial charge in [-0.1, -0.05) is 6.07 Å². The van der Waals surface area contributed by atoms with E-state index in [9.17, 15) is 9.59 Å². The highest BCUT2D eigenvalue weighted by molar-refractivity contribution is 5.96. The van der Waals surface area contributed by atoms with Gasteiger partial charge in [-0.15, -0.1) is 0 Å². The number of amides is 1. The number of benzene rings is 1. The molecule has 1 aromatic carbocycles. The second kappa shape index (κ2) is 5.80. The summed E-state index contributed by atoms with van der Waals surface area (Å²) >= 11 is 0. The van der Waals surface area contributed by atoms with Gasteiger partial charge in [0.1, 0.15) is 6.33 Å². The molecule has 1 unspecified atom stereocenters. The van der Waals surface area contributed by atoms with Crippen LogP contribution in [0.4, 0.5) is 5.69 Å². The summed E-state index contributed by atoms with van der Waals surface area (Å²) in [7, 11) is 0. The predicted octanol–water partition coefficient (Wildman–Crippen LogP) is 1.34. The highest BCUT2D eigenvalue weighted by atomic mass is 16.2. The van der Waals surface area contributed by atoms with Crippen LogP contribution in [0.25, 0.3) is 5.69 Å². The van der Waals surface area contributed by atoms with Crippen LogP contribution < -0.4 is 11.0 Å². The Morgan fingerprint density at radius 2 is 2.21 bits per heavy atom. The fraction of sp³-hybridized carbons (Fsp3) is 0.250. The fourth-order valence-corrected chi connectivity index (χ4v) is 3.13. The zero-order valence-electron chi connectivity index (χ0n) is 12.8. The van der Waals surface area contributed by atoms with Crippen molar-refractivity contribution in [2.45, 2.75) is 25.2 Å². The molecule has 0 saturated heterocycles. The Morgan fingerprint density at radius 1 is 1.29 bits per heavy atom. The van der Waals surface area contributed by atoms with Crippen LogP contribution >= 0.6 is 0 Å². The van der Waals surface area contributed by atoms with Gasteiger partial charge in [0.25, 0.3) is 0 Å². The summed E-state index contributed by atoms with van der Waals surface area (Å²) in [5.74, 6) is -0.262. The summed E-state index contributed by atoms with van der Waals surface area (Å²) in [6, 6.07) is 7.11. The monoisotopic (exact) mass is 324 g/mol. The lowest BCUT2D eigenvalue weighted by Gasteiger charge is -2.21. The first-order valence-electron chi connectivity index (χ1n) is 7.78. The van der Waals surface area contributed by atoms with Crippen LogP contribution in [-0.4, -0.2) is 30.9 Å². The lowest BCUT2D eigenvalue weighted by Crippen LogP contribution is -2.24. The first-order chi connectivity index (χ1) is 11.7. The van der Waals surface area contributed by atoms with E-state index in [2.05, 4.69) is 25.7 Å². The Kier molecular flexibility index (Phi) is 3.49. The average Bonchev–Trinajstić information content (AvgIpc) is 3.23. The number of nitrogens with zero attached hydrogens (tertiary/aromatic N) is 3. The molecule has 0 fully saturated rings. The number of carbonyl (C=O) groups excluding carboxylic acids is 1. The molecule has 1 amide bonds. The molecule has 1 aliphatic rings. The van der Waals surface area contributed by atoms with Gasteiger partial charge in [0.2, 0.25) is 5.91 Å². The molecule has 3 aromatic rings. The molecule has 1 atom stereocenters. The first kappa shape index (κ1) is 14.4. The molecule has 4 rings (SSSR count). The van der Waals surface area contributed by atoms with E-state index in [1.165, 1.54) is 10.9 Å². The van der Waals surface area contributed by atoms with Gasteiger partial charge in [-0.05, 0) is 37.5 Å². The number of hydrogen-bond donors (Lipinski definition) is 3. The van der Waals surface area contributed by atoms with Gasteiger partial charge in [0, 0.05) is 16.9 Å². The number of fused-ring (bicyclic) bond motifs is 1. The van der Waals surface area contributed by atoms with Crippen molar-refractivity contribution >= 4 is 11.6 Å². The van der Waals surface area contributed by atoms with Crippen LogP contribution in [0, 0.1) is 0 Å². The average molecular weight is 324 g/mol. The maximum atomic E-state index is 12.7. The third kappa shape index (κ3) is 2.51. The van der Waals surface area contributed by atoms with Crippen molar-refractivity contribution in [3.8, 4) is 5.69 Å². The van der Waals surface area contributed by atoms with Crippen LogP contribution in [0.3, 0.4) is 0 Å². The maximum Gasteiger partial charge on any atom is 0.347 e. The molecule has 0 spiro atoms. The van der Waals surface area contributed by atoms with Crippen LogP contribution in [-0.2, 0) is 11.2 Å². The second-order valence-corrected chi connectivity index (χ2v) is 5.82. The minimum Gasteiger partial charge on any atom is -0.325 e. The van der Waals surface area contributed by atoms with Crippen molar-refractivity contribution in [1.82, 2.24) is 25.0 Å². The number of aryl methyl sites for hydroxylation is 1. The van der Waals surface area contributed by atoms with Gasteiger partial charge in [-0.2, -0.15) is 10.2 Å². The van der Waals surface area contributed by atoms with Gasteiger partial charge in [-0.3, -0.25) is 9.89 Å². The molecule has 0 aliphatic heterocycles. The molecular formula is C16H16N6O2. The summed E-state index contributed by atoms with van der Waals surface area (Å²) in [5.41, 5.74) is 2.97. The molecule has 3 N–H and O–H groups in total. The summed E-state index contributed by atoms with van der Waals surface area (Å²) in [4.78, 5) is 24.3. The molecule has 0 bridgehead atoms. The largest absolute Gasteiger partial charge is 0.347 e. The number of rotatable bonds is 3. The number of aromatic nitrogens is 5. The first-order valence-corrected chi connectivity index (χ1v) is 7.78. The Morgan fingerprint density at radius 3 is 3.04 bits per heavy atom. The number of hydrogen-bond acceptors (Lipinski definition) is 4. The SMILES string of the molecule is O=C(Nc1cccc(-n2cn[nH]c2=O)c1)C1CCCc2[nH]ncc21. The van der Waals surface area contributed by atoms with Crippen molar-refractivity contribution in [1.29, 1.82) is 0 Å². The molecule has 1 aliphatic carbocycles. The molecule has 0 radical (unpaired) electrons. The van der Waals surface area contributed by atoms with Gasteiger partial charge in [0.15, 0.2) is 0 Å². The number of anilines is 1. The Balaban J connectivity index is 1.57. The Hall–Kier alpha value is -3.16. The summed E-state index contributed by atoms with van der Waals surface area (Å²) in [6.45, 7) is 0. The van der Waals surface area contributed by atoms with E-state index in [4.69, 9.17) is 0 Å². The lowest BCUT2D eigenvalue weighted by molar-refractivity contribution is -0.117. The summed E-state index contributed by atoms with van der Waals surface area (Å²) < 4.78 is 1.38. The van der Waals surface area contributed by atoms with Crippen molar-refractivity contribution in [2.75, 3.05) is 5.32 Å². The van der Waals surface area contributed by atoms with Crippen LogP contribution in [0.1, 0.15) is 30.0 Å². The normalized spacial score (nSPS) is 16.6. The van der Waals surface area contributed by atoms with Gasteiger partial charge in [-0.25, -0.2) is 14.5 Å². The lowest BCUT2D eigenvalue weighted by atomic mass is 9.86. The molecule has 2 aromatic heterocycles. The van der Waals surface area contributed by atoms with E-state index in [1.807, 2.05) is 0 Å². The van der Waals surface area contributed by atoms with E-state index in [-0.39, 0.29) is 17.5 Å². The second-order valence-electron chi connectivity index (χ2n) is 5.82. The molecule has 0 saturated carbocycles. The minimum absolute atomic E-state index is 0.0611. The zero-order valence-corrected chi connectivity index (χ0v) is 12.8. The van der Waals surface area contributed by atoms with Crippen LogP contribution in [0.15, 0.2) is 41.6 Å². The predicted molar refractivity (Wildman–Crippen MR) is 87.1 cm³/mol. The van der Waals surface area contributed by atoms with E-state index in [0.717, 1.165) is 30.5 Å². The van der Waals surface area contributed by atoms with Gasteiger partial charge < -0.3 is 5.32 Å². The Labute approximate surface area is 136 Å². The van der Waals surface area contributed by atoms with Crippen molar-refractivity contribution in [3.63, 3.8) is 0 Å². The van der Waals surface area contributed by atoms with E-state index < -0.39 is 0 Å². The number of nitrogens with one attached hydrogen (secondary N) is 3. The molecule has 8 nitrogen and oxygen atoms in total. The highest BCUT2D eigenvalue weighted by Crippen LogP contribution is 2.31. The van der Waals surface area contributed by atoms with Crippen molar-refractivity contribution in [3.05, 3.63) is 58.5 Å². The maximum absolute atomic E-state index is 12.7. The highest BCUT2D eigenvalue weighted by Gasteiger charge is 2.28. The van der Waals surface area contributed by atoms with Crippen LogP contribution in [0.5, 0.6) is 0 Å².